The molecule has 3 rings (SSSR count). The Morgan fingerprint density at radius 1 is 1.45 bits per heavy atom. The predicted molar refractivity (Wildman–Crippen MR) is 83.0 cm³/mol. The molecule has 1 amide bonds. The quantitative estimate of drug-likeness (QED) is 0.812. The van der Waals surface area contributed by atoms with Crippen LogP contribution in [-0.2, 0) is 16.1 Å². The fourth-order valence-corrected chi connectivity index (χ4v) is 3.90. The Morgan fingerprint density at radius 2 is 2.23 bits per heavy atom. The number of nitrogens with zero attached hydrogens (tertiary/aromatic N) is 3. The van der Waals surface area contributed by atoms with Crippen molar-refractivity contribution in [1.82, 2.24) is 19.7 Å². The van der Waals surface area contributed by atoms with E-state index in [1.54, 1.807) is 4.57 Å². The van der Waals surface area contributed by atoms with Crippen LogP contribution < -0.4 is 5.69 Å². The molecule has 3 heterocycles. The summed E-state index contributed by atoms with van der Waals surface area (Å²) in [5.74, 6) is 0.126. The van der Waals surface area contributed by atoms with Crippen LogP contribution in [0.2, 0.25) is 0 Å². The van der Waals surface area contributed by atoms with Crippen LogP contribution in [0.5, 0.6) is 0 Å². The summed E-state index contributed by atoms with van der Waals surface area (Å²) >= 11 is 1.34. The molecule has 2 aliphatic heterocycles. The molecule has 1 N–H and O–H groups in total. The van der Waals surface area contributed by atoms with Gasteiger partial charge in [-0.15, -0.1) is 5.10 Å². The number of hydrogen-bond donors (Lipinski definition) is 1. The molecule has 0 aliphatic carbocycles. The largest absolute Gasteiger partial charge is 0.376 e. The first-order valence-electron chi connectivity index (χ1n) is 7.87. The Kier molecular flexibility index (Phi) is 4.87. The van der Waals surface area contributed by atoms with E-state index in [2.05, 4.69) is 10.2 Å². The smallest absolute Gasteiger partial charge is 0.344 e. The zero-order chi connectivity index (χ0) is 15.5. The summed E-state index contributed by atoms with van der Waals surface area (Å²) in [6.07, 6.45) is 4.22. The molecule has 2 unspecified atom stereocenters. The van der Waals surface area contributed by atoms with E-state index in [9.17, 15) is 9.59 Å². The van der Waals surface area contributed by atoms with Gasteiger partial charge in [-0.05, 0) is 32.6 Å². The number of rotatable bonds is 5. The van der Waals surface area contributed by atoms with Gasteiger partial charge in [0.05, 0.1) is 17.9 Å². The number of nitrogens with one attached hydrogen (secondary N) is 1. The van der Waals surface area contributed by atoms with Gasteiger partial charge in [0.1, 0.15) is 0 Å². The van der Waals surface area contributed by atoms with Crippen LogP contribution in [0.4, 0.5) is 0 Å². The van der Waals surface area contributed by atoms with E-state index in [4.69, 9.17) is 4.74 Å². The van der Waals surface area contributed by atoms with E-state index < -0.39 is 0 Å². The van der Waals surface area contributed by atoms with Crippen molar-refractivity contribution in [1.29, 1.82) is 0 Å². The highest BCUT2D eigenvalue weighted by molar-refractivity contribution is 8.00. The van der Waals surface area contributed by atoms with Crippen LogP contribution in [0.1, 0.15) is 32.6 Å². The second kappa shape index (κ2) is 6.87. The van der Waals surface area contributed by atoms with Gasteiger partial charge in [-0.2, -0.15) is 0 Å². The third-order valence-corrected chi connectivity index (χ3v) is 5.26. The van der Waals surface area contributed by atoms with Crippen molar-refractivity contribution in [3.05, 3.63) is 10.5 Å². The molecular weight excluding hydrogens is 304 g/mol. The summed E-state index contributed by atoms with van der Waals surface area (Å²) in [5.41, 5.74) is -0.237. The number of aromatic amines is 1. The molecule has 0 saturated carbocycles. The molecule has 0 bridgehead atoms. The summed E-state index contributed by atoms with van der Waals surface area (Å²) in [7, 11) is 0. The molecule has 0 radical (unpaired) electrons. The third kappa shape index (κ3) is 3.38. The third-order valence-electron chi connectivity index (χ3n) is 4.18. The normalized spacial score (nSPS) is 23.1. The van der Waals surface area contributed by atoms with Crippen molar-refractivity contribution < 1.29 is 9.53 Å². The lowest BCUT2D eigenvalue weighted by Crippen LogP contribution is -2.34. The van der Waals surface area contributed by atoms with Crippen LogP contribution in [0.25, 0.3) is 0 Å². The molecule has 122 valence electrons. The van der Waals surface area contributed by atoms with Crippen molar-refractivity contribution in [3.63, 3.8) is 0 Å². The number of aromatic nitrogens is 3. The zero-order valence-corrected chi connectivity index (χ0v) is 13.6. The zero-order valence-electron chi connectivity index (χ0n) is 12.8. The minimum atomic E-state index is -0.239. The first kappa shape index (κ1) is 15.6. The van der Waals surface area contributed by atoms with Gasteiger partial charge in [0.2, 0.25) is 5.91 Å². The van der Waals surface area contributed by atoms with Crippen molar-refractivity contribution >= 4 is 17.7 Å². The van der Waals surface area contributed by atoms with Gasteiger partial charge in [-0.25, -0.2) is 9.89 Å². The highest BCUT2D eigenvalue weighted by Gasteiger charge is 2.26. The first-order valence-corrected chi connectivity index (χ1v) is 8.75. The van der Waals surface area contributed by atoms with E-state index in [0.717, 1.165) is 45.4 Å². The maximum Gasteiger partial charge on any atom is 0.344 e. The maximum atomic E-state index is 12.4. The van der Waals surface area contributed by atoms with Gasteiger partial charge in [0.25, 0.3) is 0 Å². The summed E-state index contributed by atoms with van der Waals surface area (Å²) in [4.78, 5) is 26.2. The first-order chi connectivity index (χ1) is 10.6. The number of likely N-dealkylation sites (tertiary alicyclic amines) is 1. The van der Waals surface area contributed by atoms with E-state index >= 15 is 0 Å². The second-order valence-corrected chi connectivity index (χ2v) is 7.16. The molecule has 0 spiro atoms. The Bertz CT molecular complexity index is 573. The number of hydrogen-bond acceptors (Lipinski definition) is 5. The lowest BCUT2D eigenvalue weighted by Gasteiger charge is -2.19. The Labute approximate surface area is 133 Å². The van der Waals surface area contributed by atoms with E-state index in [1.165, 1.54) is 11.8 Å². The summed E-state index contributed by atoms with van der Waals surface area (Å²) in [6, 6.07) is 0. The summed E-state index contributed by atoms with van der Waals surface area (Å²) in [6.45, 7) is 4.81. The average molecular weight is 326 g/mol. The van der Waals surface area contributed by atoms with Gasteiger partial charge in [0, 0.05) is 19.7 Å². The number of ether oxygens (including phenoxy) is 1. The van der Waals surface area contributed by atoms with Crippen molar-refractivity contribution in [2.45, 2.75) is 55.7 Å². The fourth-order valence-electron chi connectivity index (χ4n) is 2.95. The minimum Gasteiger partial charge on any atom is -0.376 e. The van der Waals surface area contributed by atoms with Crippen LogP contribution in [-0.4, -0.2) is 56.6 Å². The molecule has 1 aromatic heterocycles. The van der Waals surface area contributed by atoms with Gasteiger partial charge >= 0.3 is 5.69 Å². The summed E-state index contributed by atoms with van der Waals surface area (Å²) < 4.78 is 7.18. The van der Waals surface area contributed by atoms with Crippen LogP contribution in [0.15, 0.2) is 9.95 Å². The van der Waals surface area contributed by atoms with Gasteiger partial charge < -0.3 is 9.64 Å². The predicted octanol–water partition coefficient (Wildman–Crippen LogP) is 0.853. The molecule has 2 saturated heterocycles. The highest BCUT2D eigenvalue weighted by Crippen LogP contribution is 2.24. The van der Waals surface area contributed by atoms with E-state index in [0.29, 0.717) is 11.7 Å². The molecule has 2 fully saturated rings. The fraction of sp³-hybridized carbons (Fsp3) is 0.786. The number of carbonyl (C=O) groups is 1. The van der Waals surface area contributed by atoms with E-state index in [1.807, 2.05) is 11.8 Å². The minimum absolute atomic E-state index is 0.0687. The molecule has 8 heteroatoms. The average Bonchev–Trinajstić information content (AvgIpc) is 3.24. The monoisotopic (exact) mass is 326 g/mol. The van der Waals surface area contributed by atoms with Gasteiger partial charge in [-0.3, -0.25) is 9.36 Å². The Morgan fingerprint density at radius 3 is 2.91 bits per heavy atom. The topological polar surface area (TPSA) is 80.2 Å². The molecule has 7 nitrogen and oxygen atoms in total. The molecular formula is C14H22N4O3S. The highest BCUT2D eigenvalue weighted by atomic mass is 32.2. The van der Waals surface area contributed by atoms with Gasteiger partial charge in [0.15, 0.2) is 5.16 Å². The number of H-pyrrole nitrogens is 1. The van der Waals surface area contributed by atoms with Crippen LogP contribution in [0, 0.1) is 0 Å². The number of amides is 1. The summed E-state index contributed by atoms with van der Waals surface area (Å²) in [5, 5.41) is 6.88. The van der Waals surface area contributed by atoms with E-state index in [-0.39, 0.29) is 23.0 Å². The Balaban J connectivity index is 1.66. The van der Waals surface area contributed by atoms with Crippen LogP contribution >= 0.6 is 11.8 Å². The SMILES string of the molecule is CC(Sc1n[nH]c(=O)n1CC1CCCO1)C(=O)N1CCCC1. The molecule has 2 aliphatic rings. The number of thioether (sulfide) groups is 1. The van der Waals surface area contributed by atoms with Crippen molar-refractivity contribution in [2.75, 3.05) is 19.7 Å². The van der Waals surface area contributed by atoms with Gasteiger partial charge in [-0.1, -0.05) is 11.8 Å². The molecule has 2 atom stereocenters. The molecule has 1 aromatic rings. The van der Waals surface area contributed by atoms with Crippen molar-refractivity contribution in [2.24, 2.45) is 0 Å². The standard InChI is InChI=1S/C14H22N4O3S/c1-10(12(19)17-6-2-3-7-17)22-14-16-15-13(20)18(14)9-11-5-4-8-21-11/h10-11H,2-9H2,1H3,(H,15,20). The molecule has 22 heavy (non-hydrogen) atoms. The lowest BCUT2D eigenvalue weighted by molar-refractivity contribution is -0.129. The van der Waals surface area contributed by atoms with Crippen LogP contribution in [0.3, 0.4) is 0 Å². The molecule has 0 aromatic carbocycles. The number of carbonyl (C=O) groups excluding carboxylic acids is 1. The second-order valence-electron chi connectivity index (χ2n) is 5.85. The lowest BCUT2D eigenvalue weighted by atomic mass is 10.2. The van der Waals surface area contributed by atoms with Crippen molar-refractivity contribution in [3.8, 4) is 0 Å². The maximum absolute atomic E-state index is 12.4. The Hall–Kier alpha value is -1.28.